The number of carbonyl (C=O) groups is 1. The third-order valence-electron chi connectivity index (χ3n) is 2.02. The van der Waals surface area contributed by atoms with Crippen molar-refractivity contribution in [2.75, 3.05) is 12.8 Å². The molecule has 0 atom stereocenters. The highest BCUT2D eigenvalue weighted by atomic mass is 32.1. The molecule has 1 aromatic rings. The molecule has 0 unspecified atom stereocenters. The normalized spacial score (nSPS) is 11.8. The Bertz CT molecular complexity index is 487. The molecule has 17 heavy (non-hydrogen) atoms. The van der Waals surface area contributed by atoms with E-state index in [1.807, 2.05) is 0 Å². The number of carbonyl (C=O) groups excluding carboxylic acids is 1. The summed E-state index contributed by atoms with van der Waals surface area (Å²) in [6.07, 6.45) is 5.01. The molecule has 0 aliphatic heterocycles. The Balaban J connectivity index is 3.23. The second-order valence-electron chi connectivity index (χ2n) is 3.06. The SMILES string of the molecule is C=C/C=C(\N=C/C)c1csc(C(=O)OC)c1N. The van der Waals surface area contributed by atoms with Crippen LogP contribution in [-0.2, 0) is 4.74 Å². The number of hydrogen-bond acceptors (Lipinski definition) is 5. The predicted molar refractivity (Wildman–Crippen MR) is 72.4 cm³/mol. The number of nitrogen functional groups attached to an aromatic ring is 1. The summed E-state index contributed by atoms with van der Waals surface area (Å²) < 4.78 is 4.64. The van der Waals surface area contributed by atoms with Crippen molar-refractivity contribution in [1.82, 2.24) is 0 Å². The Hall–Kier alpha value is -1.88. The molecule has 90 valence electrons. The molecule has 0 bridgehead atoms. The molecule has 0 aliphatic carbocycles. The molecule has 0 amide bonds. The van der Waals surface area contributed by atoms with Crippen molar-refractivity contribution < 1.29 is 9.53 Å². The van der Waals surface area contributed by atoms with Gasteiger partial charge in [-0.25, -0.2) is 4.79 Å². The van der Waals surface area contributed by atoms with Gasteiger partial charge in [-0.1, -0.05) is 12.7 Å². The first-order chi connectivity index (χ1) is 8.15. The summed E-state index contributed by atoms with van der Waals surface area (Å²) in [5.41, 5.74) is 7.68. The Kier molecular flexibility index (Phi) is 4.66. The monoisotopic (exact) mass is 250 g/mol. The number of ether oxygens (including phenoxy) is 1. The van der Waals surface area contributed by atoms with Crippen LogP contribution in [0.15, 0.2) is 29.1 Å². The van der Waals surface area contributed by atoms with E-state index in [0.717, 1.165) is 0 Å². The number of methoxy groups -OCH3 is 1. The first-order valence-electron chi connectivity index (χ1n) is 4.92. The van der Waals surface area contributed by atoms with Gasteiger partial charge in [0.25, 0.3) is 0 Å². The molecule has 0 fully saturated rings. The Morgan fingerprint density at radius 1 is 1.65 bits per heavy atom. The summed E-state index contributed by atoms with van der Waals surface area (Å²) >= 11 is 1.24. The number of hydrogen-bond donors (Lipinski definition) is 1. The number of rotatable bonds is 4. The van der Waals surface area contributed by atoms with Crippen LogP contribution in [-0.4, -0.2) is 19.3 Å². The van der Waals surface area contributed by atoms with Crippen LogP contribution in [0.1, 0.15) is 22.2 Å². The fraction of sp³-hybridized carbons (Fsp3) is 0.167. The fourth-order valence-corrected chi connectivity index (χ4v) is 2.17. The van der Waals surface area contributed by atoms with Crippen LogP contribution in [0, 0.1) is 0 Å². The van der Waals surface area contributed by atoms with Crippen molar-refractivity contribution in [3.05, 3.63) is 34.6 Å². The van der Waals surface area contributed by atoms with Crippen LogP contribution >= 0.6 is 11.3 Å². The molecular formula is C12H14N2O2S. The van der Waals surface area contributed by atoms with Crippen LogP contribution in [0.4, 0.5) is 5.69 Å². The van der Waals surface area contributed by atoms with Gasteiger partial charge < -0.3 is 10.5 Å². The zero-order valence-corrected chi connectivity index (χ0v) is 10.6. The largest absolute Gasteiger partial charge is 0.465 e. The minimum Gasteiger partial charge on any atom is -0.465 e. The molecule has 0 aromatic carbocycles. The van der Waals surface area contributed by atoms with Gasteiger partial charge in [-0.15, -0.1) is 11.3 Å². The van der Waals surface area contributed by atoms with Crippen LogP contribution in [0.25, 0.3) is 5.70 Å². The molecule has 1 aromatic heterocycles. The van der Waals surface area contributed by atoms with E-state index >= 15 is 0 Å². The van der Waals surface area contributed by atoms with E-state index in [0.29, 0.717) is 21.8 Å². The van der Waals surface area contributed by atoms with Gasteiger partial charge >= 0.3 is 5.97 Å². The van der Waals surface area contributed by atoms with Gasteiger partial charge in [-0.2, -0.15) is 0 Å². The molecule has 0 saturated carbocycles. The molecule has 0 saturated heterocycles. The average molecular weight is 250 g/mol. The van der Waals surface area contributed by atoms with E-state index in [-0.39, 0.29) is 0 Å². The predicted octanol–water partition coefficient (Wildman–Crippen LogP) is 2.73. The van der Waals surface area contributed by atoms with Crippen molar-refractivity contribution in [2.45, 2.75) is 6.92 Å². The van der Waals surface area contributed by atoms with Crippen molar-refractivity contribution in [3.8, 4) is 0 Å². The lowest BCUT2D eigenvalue weighted by Gasteiger charge is -2.01. The zero-order chi connectivity index (χ0) is 12.8. The van der Waals surface area contributed by atoms with Crippen LogP contribution < -0.4 is 5.73 Å². The molecule has 1 rings (SSSR count). The van der Waals surface area contributed by atoms with E-state index in [9.17, 15) is 4.79 Å². The number of nitrogens with two attached hydrogens (primary N) is 1. The second kappa shape index (κ2) is 6.00. The maximum absolute atomic E-state index is 11.4. The maximum Gasteiger partial charge on any atom is 0.350 e. The summed E-state index contributed by atoms with van der Waals surface area (Å²) in [6, 6.07) is 0. The van der Waals surface area contributed by atoms with Crippen molar-refractivity contribution in [3.63, 3.8) is 0 Å². The molecule has 0 aliphatic rings. The lowest BCUT2D eigenvalue weighted by atomic mass is 10.2. The molecule has 1 heterocycles. The summed E-state index contributed by atoms with van der Waals surface area (Å²) in [7, 11) is 1.33. The molecule has 5 heteroatoms. The van der Waals surface area contributed by atoms with Gasteiger partial charge in [-0.05, 0) is 13.0 Å². The van der Waals surface area contributed by atoms with Crippen LogP contribution in [0.2, 0.25) is 0 Å². The van der Waals surface area contributed by atoms with Crippen molar-refractivity contribution >= 4 is 34.9 Å². The van der Waals surface area contributed by atoms with Gasteiger partial charge in [0.15, 0.2) is 0 Å². The van der Waals surface area contributed by atoms with Gasteiger partial charge in [0, 0.05) is 17.2 Å². The highest BCUT2D eigenvalue weighted by Crippen LogP contribution is 2.31. The first kappa shape index (κ1) is 13.2. The Labute approximate surface area is 104 Å². The quantitative estimate of drug-likeness (QED) is 0.507. The number of allylic oxidation sites excluding steroid dienone is 2. The fourth-order valence-electron chi connectivity index (χ4n) is 1.27. The van der Waals surface area contributed by atoms with Gasteiger partial charge in [0.05, 0.1) is 18.5 Å². The van der Waals surface area contributed by atoms with Crippen LogP contribution in [0.3, 0.4) is 0 Å². The van der Waals surface area contributed by atoms with Crippen molar-refractivity contribution in [2.24, 2.45) is 4.99 Å². The molecule has 0 radical (unpaired) electrons. The smallest absolute Gasteiger partial charge is 0.350 e. The molecule has 2 N–H and O–H groups in total. The highest BCUT2D eigenvalue weighted by molar-refractivity contribution is 7.12. The number of aliphatic imine (C=N–C) groups is 1. The zero-order valence-electron chi connectivity index (χ0n) is 9.77. The van der Waals surface area contributed by atoms with Gasteiger partial charge in [0.1, 0.15) is 4.88 Å². The van der Waals surface area contributed by atoms with E-state index in [1.54, 1.807) is 30.7 Å². The van der Waals surface area contributed by atoms with E-state index < -0.39 is 5.97 Å². The van der Waals surface area contributed by atoms with E-state index in [1.165, 1.54) is 18.4 Å². The lowest BCUT2D eigenvalue weighted by Crippen LogP contribution is -2.02. The third-order valence-corrected chi connectivity index (χ3v) is 3.00. The maximum atomic E-state index is 11.4. The standard InChI is InChI=1S/C12H14N2O2S/c1-4-6-9(14-5-2)8-7-17-11(10(8)13)12(15)16-3/h4-7H,1,13H2,2-3H3/b9-6-,14-5-. The van der Waals surface area contributed by atoms with E-state index in [2.05, 4.69) is 16.3 Å². The topological polar surface area (TPSA) is 64.7 Å². The average Bonchev–Trinajstić information content (AvgIpc) is 2.70. The summed E-state index contributed by atoms with van der Waals surface area (Å²) in [6.45, 7) is 5.42. The van der Waals surface area contributed by atoms with Crippen LogP contribution in [0.5, 0.6) is 0 Å². The van der Waals surface area contributed by atoms with Gasteiger partial charge in [0.2, 0.25) is 0 Å². The number of anilines is 1. The summed E-state index contributed by atoms with van der Waals surface area (Å²) in [5.74, 6) is -0.433. The van der Waals surface area contributed by atoms with E-state index in [4.69, 9.17) is 5.73 Å². The Morgan fingerprint density at radius 2 is 2.35 bits per heavy atom. The lowest BCUT2D eigenvalue weighted by molar-refractivity contribution is 0.0607. The van der Waals surface area contributed by atoms with Crippen molar-refractivity contribution in [1.29, 1.82) is 0 Å². The first-order valence-corrected chi connectivity index (χ1v) is 5.80. The third kappa shape index (κ3) is 2.82. The Morgan fingerprint density at radius 3 is 2.88 bits per heavy atom. The minimum absolute atomic E-state index is 0.389. The summed E-state index contributed by atoms with van der Waals surface area (Å²) in [4.78, 5) is 16.0. The molecular weight excluding hydrogens is 236 g/mol. The van der Waals surface area contributed by atoms with Gasteiger partial charge in [-0.3, -0.25) is 4.99 Å². The number of esters is 1. The highest BCUT2D eigenvalue weighted by Gasteiger charge is 2.17. The molecule has 4 nitrogen and oxygen atoms in total. The second-order valence-corrected chi connectivity index (χ2v) is 3.94. The minimum atomic E-state index is -0.433. The number of nitrogens with zero attached hydrogens (tertiary/aromatic N) is 1. The summed E-state index contributed by atoms with van der Waals surface area (Å²) in [5, 5.41) is 1.78. The molecule has 0 spiro atoms. The number of thiophene rings is 1.